The molecule has 1 saturated heterocycles. The molecule has 4 aromatic heterocycles. The van der Waals surface area contributed by atoms with Gasteiger partial charge in [-0.25, -0.2) is 14.5 Å². The Hall–Kier alpha value is -4.32. The fourth-order valence-corrected chi connectivity index (χ4v) is 6.17. The van der Waals surface area contributed by atoms with E-state index < -0.39 is 0 Å². The van der Waals surface area contributed by atoms with Crippen LogP contribution in [0.3, 0.4) is 0 Å². The smallest absolute Gasteiger partial charge is 0.271 e. The fraction of sp³-hybridized carbons (Fsp3) is 0.375. The number of hydrogen-bond acceptors (Lipinski definition) is 8. The third kappa shape index (κ3) is 4.93. The first-order chi connectivity index (χ1) is 21.1. The van der Waals surface area contributed by atoms with E-state index in [2.05, 4.69) is 33.1 Å². The van der Waals surface area contributed by atoms with Gasteiger partial charge >= 0.3 is 0 Å². The maximum absolute atomic E-state index is 13.5. The Balaban J connectivity index is 1.36. The van der Waals surface area contributed by atoms with Crippen LogP contribution in [0.5, 0.6) is 0 Å². The summed E-state index contributed by atoms with van der Waals surface area (Å²) in [4.78, 5) is 25.1. The van der Waals surface area contributed by atoms with Crippen molar-refractivity contribution < 1.29 is 19.0 Å². The van der Waals surface area contributed by atoms with E-state index in [0.29, 0.717) is 36.8 Å². The number of anilines is 1. The molecule has 11 heteroatoms. The second-order valence-corrected chi connectivity index (χ2v) is 11.3. The number of hydrogen-bond donors (Lipinski definition) is 1. The standard InChI is InChI=1S/C32H35N7O4/c1-37(16-20-8-5-4-6-9-20)25-14-24(36-39-26(15-34-31(25)39)32(40)35-23-11-12-28(23)41-2)22-17-38(27-18-43-19-29(27)42-3)30-21(22)10-7-13-33-30/h4-10,13-15,17,23,27-29H,11-12,16,18-19H2,1-3H3,(H,35,40)/t23?,27-,28+,29-/m1/s1. The van der Waals surface area contributed by atoms with Crippen LogP contribution in [0, 0.1) is 0 Å². The summed E-state index contributed by atoms with van der Waals surface area (Å²) >= 11 is 0. The fourth-order valence-electron chi connectivity index (χ4n) is 6.17. The van der Waals surface area contributed by atoms with Gasteiger partial charge in [0.15, 0.2) is 11.3 Å². The molecule has 43 heavy (non-hydrogen) atoms. The molecular formula is C32H35N7O4. The number of methoxy groups -OCH3 is 2. The Morgan fingerprint density at radius 3 is 2.65 bits per heavy atom. The highest BCUT2D eigenvalue weighted by molar-refractivity contribution is 5.96. The molecule has 0 spiro atoms. The highest BCUT2D eigenvalue weighted by Gasteiger charge is 2.34. The van der Waals surface area contributed by atoms with Crippen molar-refractivity contribution in [2.45, 2.75) is 43.7 Å². The van der Waals surface area contributed by atoms with Crippen molar-refractivity contribution in [1.29, 1.82) is 0 Å². The number of imidazole rings is 1. The molecule has 7 rings (SSSR count). The molecule has 222 valence electrons. The number of nitrogens with zero attached hydrogens (tertiary/aromatic N) is 6. The summed E-state index contributed by atoms with van der Waals surface area (Å²) in [5, 5.41) is 9.10. The molecule has 1 N–H and O–H groups in total. The van der Waals surface area contributed by atoms with Gasteiger partial charge in [-0.2, -0.15) is 5.10 Å². The SMILES string of the molecule is CO[C@H]1CCC1NC(=O)c1cnc2c(N(C)Cc3ccccc3)cc(-c3cn([C@@H]4COC[C@H]4OC)c4ncccc34)nn12. The molecule has 1 unspecified atom stereocenters. The summed E-state index contributed by atoms with van der Waals surface area (Å²) in [6.07, 6.45) is 7.22. The predicted molar refractivity (Wildman–Crippen MR) is 162 cm³/mol. The lowest BCUT2D eigenvalue weighted by atomic mass is 9.89. The maximum atomic E-state index is 13.5. The van der Waals surface area contributed by atoms with Crippen molar-refractivity contribution in [2.24, 2.45) is 0 Å². The molecule has 5 heterocycles. The van der Waals surface area contributed by atoms with Crippen LogP contribution in [0.25, 0.3) is 27.9 Å². The Labute approximate surface area is 249 Å². The van der Waals surface area contributed by atoms with Crippen LogP contribution in [-0.4, -0.2) is 82.8 Å². The summed E-state index contributed by atoms with van der Waals surface area (Å²) in [7, 11) is 5.42. The van der Waals surface area contributed by atoms with Gasteiger partial charge in [0.25, 0.3) is 5.91 Å². The topological polar surface area (TPSA) is 108 Å². The van der Waals surface area contributed by atoms with Gasteiger partial charge in [-0.3, -0.25) is 4.79 Å². The summed E-state index contributed by atoms with van der Waals surface area (Å²) < 4.78 is 20.8. The van der Waals surface area contributed by atoms with Gasteiger partial charge in [-0.15, -0.1) is 0 Å². The predicted octanol–water partition coefficient (Wildman–Crippen LogP) is 3.88. The largest absolute Gasteiger partial charge is 0.379 e. The highest BCUT2D eigenvalue weighted by atomic mass is 16.5. The first kappa shape index (κ1) is 27.5. The molecule has 1 aromatic carbocycles. The molecule has 1 saturated carbocycles. The van der Waals surface area contributed by atoms with E-state index in [9.17, 15) is 4.79 Å². The van der Waals surface area contributed by atoms with Gasteiger partial charge in [-0.05, 0) is 36.6 Å². The van der Waals surface area contributed by atoms with E-state index in [0.717, 1.165) is 40.7 Å². The summed E-state index contributed by atoms with van der Waals surface area (Å²) in [6.45, 7) is 1.72. The normalized spacial score (nSPS) is 21.7. The molecule has 2 fully saturated rings. The van der Waals surface area contributed by atoms with E-state index in [4.69, 9.17) is 29.3 Å². The van der Waals surface area contributed by atoms with Gasteiger partial charge in [0.05, 0.1) is 49.0 Å². The third-order valence-corrected chi connectivity index (χ3v) is 8.71. The maximum Gasteiger partial charge on any atom is 0.271 e. The zero-order chi connectivity index (χ0) is 29.5. The third-order valence-electron chi connectivity index (χ3n) is 8.71. The molecule has 5 aromatic rings. The summed E-state index contributed by atoms with van der Waals surface area (Å²) in [5.74, 6) is -0.226. The first-order valence-electron chi connectivity index (χ1n) is 14.6. The second kappa shape index (κ2) is 11.4. The number of aromatic nitrogens is 5. The minimum absolute atomic E-state index is 0.0216. The number of carbonyl (C=O) groups is 1. The number of pyridine rings is 1. The van der Waals surface area contributed by atoms with Crippen LogP contribution < -0.4 is 10.2 Å². The molecule has 0 bridgehead atoms. The number of fused-ring (bicyclic) bond motifs is 2. The number of nitrogens with one attached hydrogen (secondary N) is 1. The minimum atomic E-state index is -0.226. The van der Waals surface area contributed by atoms with E-state index in [-0.39, 0.29) is 30.2 Å². The highest BCUT2D eigenvalue weighted by Crippen LogP contribution is 2.36. The zero-order valence-electron chi connectivity index (χ0n) is 24.5. The number of ether oxygens (including phenoxy) is 3. The lowest BCUT2D eigenvalue weighted by Crippen LogP contribution is -2.51. The zero-order valence-corrected chi connectivity index (χ0v) is 24.5. The van der Waals surface area contributed by atoms with Crippen molar-refractivity contribution in [3.63, 3.8) is 0 Å². The van der Waals surface area contributed by atoms with Crippen LogP contribution >= 0.6 is 0 Å². The van der Waals surface area contributed by atoms with E-state index >= 15 is 0 Å². The number of rotatable bonds is 9. The molecule has 0 radical (unpaired) electrons. The van der Waals surface area contributed by atoms with E-state index in [1.165, 1.54) is 0 Å². The Morgan fingerprint density at radius 1 is 1.05 bits per heavy atom. The van der Waals surface area contributed by atoms with Crippen LogP contribution in [-0.2, 0) is 20.8 Å². The molecular weight excluding hydrogens is 546 g/mol. The van der Waals surface area contributed by atoms with Crippen LogP contribution in [0.4, 0.5) is 5.69 Å². The Bertz CT molecular complexity index is 1770. The van der Waals surface area contributed by atoms with E-state index in [1.807, 2.05) is 43.4 Å². The lowest BCUT2D eigenvalue weighted by molar-refractivity contribution is 0.00718. The van der Waals surface area contributed by atoms with Crippen LogP contribution in [0.1, 0.15) is 34.9 Å². The monoisotopic (exact) mass is 581 g/mol. The quantitative estimate of drug-likeness (QED) is 0.280. The number of carbonyl (C=O) groups excluding carboxylic acids is 1. The van der Waals surface area contributed by atoms with Crippen molar-refractivity contribution in [1.82, 2.24) is 29.5 Å². The van der Waals surface area contributed by atoms with Crippen LogP contribution in [0.2, 0.25) is 0 Å². The molecule has 1 aliphatic carbocycles. The number of amides is 1. The van der Waals surface area contributed by atoms with Gasteiger partial charge in [0.2, 0.25) is 0 Å². The average molecular weight is 582 g/mol. The minimum Gasteiger partial charge on any atom is -0.379 e. The van der Waals surface area contributed by atoms with Gasteiger partial charge < -0.3 is 29.0 Å². The van der Waals surface area contributed by atoms with Crippen molar-refractivity contribution in [3.8, 4) is 11.3 Å². The van der Waals surface area contributed by atoms with Gasteiger partial charge in [-0.1, -0.05) is 30.3 Å². The molecule has 1 aliphatic heterocycles. The van der Waals surface area contributed by atoms with Crippen LogP contribution in [0.15, 0.2) is 67.1 Å². The molecule has 4 atom stereocenters. The van der Waals surface area contributed by atoms with Gasteiger partial charge in [0.1, 0.15) is 11.8 Å². The lowest BCUT2D eigenvalue weighted by Gasteiger charge is -2.35. The van der Waals surface area contributed by atoms with Crippen molar-refractivity contribution in [3.05, 3.63) is 78.4 Å². The average Bonchev–Trinajstić information content (AvgIpc) is 3.76. The van der Waals surface area contributed by atoms with E-state index in [1.54, 1.807) is 31.1 Å². The molecule has 2 aliphatic rings. The second-order valence-electron chi connectivity index (χ2n) is 11.3. The Morgan fingerprint density at radius 2 is 1.88 bits per heavy atom. The number of benzene rings is 1. The molecule has 1 amide bonds. The van der Waals surface area contributed by atoms with Gasteiger partial charge in [0, 0.05) is 51.2 Å². The first-order valence-corrected chi connectivity index (χ1v) is 14.6. The molecule has 11 nitrogen and oxygen atoms in total. The summed E-state index contributed by atoms with van der Waals surface area (Å²) in [5.41, 5.74) is 5.44. The Kier molecular flexibility index (Phi) is 7.29. The van der Waals surface area contributed by atoms with Crippen molar-refractivity contribution >= 4 is 28.3 Å². The summed E-state index contributed by atoms with van der Waals surface area (Å²) in [6, 6.07) is 16.2. The van der Waals surface area contributed by atoms with Crippen molar-refractivity contribution in [2.75, 3.05) is 39.4 Å².